The normalized spacial score (nSPS) is 12.9. The zero-order valence-corrected chi connectivity index (χ0v) is 11.6. The molecule has 0 fully saturated rings. The molecule has 102 valence electrons. The summed E-state index contributed by atoms with van der Waals surface area (Å²) in [5, 5.41) is 7.66. The van der Waals surface area contributed by atoms with Gasteiger partial charge in [0.1, 0.15) is 5.82 Å². The zero-order chi connectivity index (χ0) is 13.8. The van der Waals surface area contributed by atoms with Gasteiger partial charge in [-0.2, -0.15) is 5.10 Å². The molecule has 1 unspecified atom stereocenters. The van der Waals surface area contributed by atoms with Crippen LogP contribution in [0.2, 0.25) is 0 Å². The minimum Gasteiger partial charge on any atom is -0.313 e. The lowest BCUT2D eigenvalue weighted by Crippen LogP contribution is -2.20. The molecular weight excluding hydrogens is 241 g/mol. The summed E-state index contributed by atoms with van der Waals surface area (Å²) in [4.78, 5) is 0. The number of rotatable bonds is 5. The average Bonchev–Trinajstić information content (AvgIpc) is 2.86. The van der Waals surface area contributed by atoms with E-state index in [1.165, 1.54) is 6.07 Å². The van der Waals surface area contributed by atoms with Gasteiger partial charge in [0, 0.05) is 30.3 Å². The van der Waals surface area contributed by atoms with Crippen molar-refractivity contribution in [2.24, 2.45) is 0 Å². The number of halogens is 1. The summed E-state index contributed by atoms with van der Waals surface area (Å²) in [6.07, 6.45) is 2.64. The minimum absolute atomic E-state index is 0.0586. The van der Waals surface area contributed by atoms with Gasteiger partial charge in [0.2, 0.25) is 0 Å². The molecular formula is C15H20FN3. The molecule has 19 heavy (non-hydrogen) atoms. The molecule has 0 spiro atoms. The SMILES string of the molecule is CNC(Cc1ccn(C(C)C)n1)c1ccccc1F. The van der Waals surface area contributed by atoms with Crippen molar-refractivity contribution in [2.45, 2.75) is 32.4 Å². The van der Waals surface area contributed by atoms with Gasteiger partial charge in [0.15, 0.2) is 0 Å². The molecule has 0 aliphatic rings. The molecule has 0 aliphatic heterocycles. The summed E-state index contributed by atoms with van der Waals surface area (Å²) in [6, 6.07) is 9.15. The highest BCUT2D eigenvalue weighted by molar-refractivity contribution is 5.22. The molecule has 0 bridgehead atoms. The molecule has 2 rings (SSSR count). The third kappa shape index (κ3) is 3.20. The molecule has 0 saturated carbocycles. The van der Waals surface area contributed by atoms with Gasteiger partial charge < -0.3 is 5.32 Å². The monoisotopic (exact) mass is 261 g/mol. The Bertz CT molecular complexity index is 534. The Hall–Kier alpha value is -1.68. The Kier molecular flexibility index (Phi) is 4.32. The van der Waals surface area contributed by atoms with E-state index in [0.717, 1.165) is 5.69 Å². The first-order chi connectivity index (χ1) is 9.11. The second-order valence-electron chi connectivity index (χ2n) is 4.95. The fraction of sp³-hybridized carbons (Fsp3) is 0.400. The smallest absolute Gasteiger partial charge is 0.127 e. The summed E-state index contributed by atoms with van der Waals surface area (Å²) in [7, 11) is 1.84. The lowest BCUT2D eigenvalue weighted by Gasteiger charge is -2.16. The van der Waals surface area contributed by atoms with Crippen molar-refractivity contribution >= 4 is 0 Å². The number of hydrogen-bond donors (Lipinski definition) is 1. The first kappa shape index (κ1) is 13.7. The van der Waals surface area contributed by atoms with Gasteiger partial charge in [0.05, 0.1) is 5.69 Å². The number of nitrogens with zero attached hydrogens (tertiary/aromatic N) is 2. The summed E-state index contributed by atoms with van der Waals surface area (Å²) < 4.78 is 15.7. The van der Waals surface area contributed by atoms with Gasteiger partial charge in [-0.3, -0.25) is 4.68 Å². The molecule has 1 heterocycles. The van der Waals surface area contributed by atoms with Crippen LogP contribution in [0.25, 0.3) is 0 Å². The predicted octanol–water partition coefficient (Wildman–Crippen LogP) is 3.11. The van der Waals surface area contributed by atoms with Crippen LogP contribution in [0.3, 0.4) is 0 Å². The lowest BCUT2D eigenvalue weighted by molar-refractivity contribution is 0.504. The van der Waals surface area contributed by atoms with Crippen molar-refractivity contribution in [3.63, 3.8) is 0 Å². The number of aromatic nitrogens is 2. The molecule has 1 N–H and O–H groups in total. The summed E-state index contributed by atoms with van der Waals surface area (Å²) >= 11 is 0. The fourth-order valence-corrected chi connectivity index (χ4v) is 2.11. The van der Waals surface area contributed by atoms with Crippen LogP contribution in [0.4, 0.5) is 4.39 Å². The van der Waals surface area contributed by atoms with E-state index in [2.05, 4.69) is 24.3 Å². The zero-order valence-electron chi connectivity index (χ0n) is 11.6. The molecule has 2 aromatic rings. The van der Waals surface area contributed by atoms with Crippen LogP contribution in [0.1, 0.15) is 37.2 Å². The Labute approximate surface area is 113 Å². The number of benzene rings is 1. The maximum absolute atomic E-state index is 13.8. The largest absolute Gasteiger partial charge is 0.313 e. The van der Waals surface area contributed by atoms with E-state index in [9.17, 15) is 4.39 Å². The Morgan fingerprint density at radius 1 is 1.26 bits per heavy atom. The molecule has 0 radical (unpaired) electrons. The standard InChI is InChI=1S/C15H20FN3/c1-11(2)19-9-8-12(18-19)10-15(17-3)13-6-4-5-7-14(13)16/h4-9,11,15,17H,10H2,1-3H3. The topological polar surface area (TPSA) is 29.9 Å². The third-order valence-electron chi connectivity index (χ3n) is 3.24. The Morgan fingerprint density at radius 3 is 2.58 bits per heavy atom. The van der Waals surface area contributed by atoms with Crippen molar-refractivity contribution in [2.75, 3.05) is 7.05 Å². The van der Waals surface area contributed by atoms with Gasteiger partial charge in [-0.05, 0) is 33.0 Å². The van der Waals surface area contributed by atoms with Crippen LogP contribution in [0.15, 0.2) is 36.5 Å². The van der Waals surface area contributed by atoms with Crippen LogP contribution < -0.4 is 5.32 Å². The molecule has 3 nitrogen and oxygen atoms in total. The van der Waals surface area contributed by atoms with E-state index in [1.807, 2.05) is 36.1 Å². The van der Waals surface area contributed by atoms with Crippen LogP contribution in [-0.4, -0.2) is 16.8 Å². The molecule has 0 amide bonds. The van der Waals surface area contributed by atoms with Crippen LogP contribution >= 0.6 is 0 Å². The summed E-state index contributed by atoms with van der Waals surface area (Å²) in [5.41, 5.74) is 1.65. The lowest BCUT2D eigenvalue weighted by atomic mass is 10.0. The van der Waals surface area contributed by atoms with Gasteiger partial charge in [-0.25, -0.2) is 4.39 Å². The fourth-order valence-electron chi connectivity index (χ4n) is 2.11. The average molecular weight is 261 g/mol. The first-order valence-electron chi connectivity index (χ1n) is 6.57. The quantitative estimate of drug-likeness (QED) is 0.896. The van der Waals surface area contributed by atoms with E-state index in [1.54, 1.807) is 6.07 Å². The highest BCUT2D eigenvalue weighted by Crippen LogP contribution is 2.20. The molecule has 1 aromatic carbocycles. The maximum atomic E-state index is 13.8. The molecule has 1 aromatic heterocycles. The van der Waals surface area contributed by atoms with E-state index in [-0.39, 0.29) is 11.9 Å². The highest BCUT2D eigenvalue weighted by Gasteiger charge is 2.15. The van der Waals surface area contributed by atoms with E-state index in [0.29, 0.717) is 18.0 Å². The number of hydrogen-bond acceptors (Lipinski definition) is 2. The van der Waals surface area contributed by atoms with Gasteiger partial charge in [-0.1, -0.05) is 18.2 Å². The second-order valence-corrected chi connectivity index (χ2v) is 4.95. The van der Waals surface area contributed by atoms with E-state index in [4.69, 9.17) is 0 Å². The highest BCUT2D eigenvalue weighted by atomic mass is 19.1. The maximum Gasteiger partial charge on any atom is 0.127 e. The van der Waals surface area contributed by atoms with Crippen molar-refractivity contribution in [1.82, 2.24) is 15.1 Å². The van der Waals surface area contributed by atoms with Crippen molar-refractivity contribution < 1.29 is 4.39 Å². The van der Waals surface area contributed by atoms with Gasteiger partial charge in [-0.15, -0.1) is 0 Å². The van der Waals surface area contributed by atoms with Crippen LogP contribution in [0, 0.1) is 5.82 Å². The summed E-state index contributed by atoms with van der Waals surface area (Å²) in [6.45, 7) is 4.17. The van der Waals surface area contributed by atoms with Crippen molar-refractivity contribution in [1.29, 1.82) is 0 Å². The van der Waals surface area contributed by atoms with Crippen LogP contribution in [0.5, 0.6) is 0 Å². The second kappa shape index (κ2) is 5.97. The molecule has 1 atom stereocenters. The van der Waals surface area contributed by atoms with Crippen LogP contribution in [-0.2, 0) is 6.42 Å². The van der Waals surface area contributed by atoms with Gasteiger partial charge >= 0.3 is 0 Å². The molecule has 4 heteroatoms. The van der Waals surface area contributed by atoms with Crippen molar-refractivity contribution in [3.05, 3.63) is 53.6 Å². The molecule has 0 saturated heterocycles. The Balaban J connectivity index is 2.17. The van der Waals surface area contributed by atoms with Gasteiger partial charge in [0.25, 0.3) is 0 Å². The number of nitrogens with one attached hydrogen (secondary N) is 1. The van der Waals surface area contributed by atoms with Crippen molar-refractivity contribution in [3.8, 4) is 0 Å². The third-order valence-corrected chi connectivity index (χ3v) is 3.24. The van der Waals surface area contributed by atoms with E-state index < -0.39 is 0 Å². The van der Waals surface area contributed by atoms with E-state index >= 15 is 0 Å². The molecule has 0 aliphatic carbocycles. The predicted molar refractivity (Wildman–Crippen MR) is 74.5 cm³/mol. The first-order valence-corrected chi connectivity index (χ1v) is 6.57. The Morgan fingerprint density at radius 2 is 2.00 bits per heavy atom. The summed E-state index contributed by atoms with van der Waals surface area (Å²) in [5.74, 6) is -0.176. The minimum atomic E-state index is -0.176. The number of likely N-dealkylation sites (N-methyl/N-ethyl adjacent to an activating group) is 1.